The maximum absolute atomic E-state index is 11.9. The minimum Gasteiger partial charge on any atom is -0.385 e. The number of hydrogen-bond donors (Lipinski definition) is 2. The third-order valence-corrected chi connectivity index (χ3v) is 3.13. The van der Waals surface area contributed by atoms with Crippen LogP contribution in [0.25, 0.3) is 0 Å². The predicted molar refractivity (Wildman–Crippen MR) is 72.8 cm³/mol. The number of unbranched alkanes of at least 4 members (excludes halogenated alkanes) is 2. The van der Waals surface area contributed by atoms with Crippen molar-refractivity contribution < 1.29 is 14.3 Å². The number of amides is 2. The van der Waals surface area contributed by atoms with Crippen molar-refractivity contribution in [2.24, 2.45) is 0 Å². The van der Waals surface area contributed by atoms with E-state index in [1.165, 1.54) is 0 Å². The van der Waals surface area contributed by atoms with Crippen LogP contribution in [-0.4, -0.2) is 63.2 Å². The van der Waals surface area contributed by atoms with Crippen LogP contribution in [0.1, 0.15) is 25.7 Å². The second-order valence-electron chi connectivity index (χ2n) is 4.71. The van der Waals surface area contributed by atoms with Crippen LogP contribution in [-0.2, 0) is 14.3 Å². The number of carbonyl (C=O) groups excluding carboxylic acids is 2. The van der Waals surface area contributed by atoms with Crippen LogP contribution < -0.4 is 10.6 Å². The summed E-state index contributed by atoms with van der Waals surface area (Å²) < 4.78 is 4.94. The average molecular weight is 271 g/mol. The van der Waals surface area contributed by atoms with Gasteiger partial charge in [0.05, 0.1) is 0 Å². The van der Waals surface area contributed by atoms with Crippen LogP contribution in [0.5, 0.6) is 0 Å². The Morgan fingerprint density at radius 2 is 2.05 bits per heavy atom. The van der Waals surface area contributed by atoms with E-state index in [0.717, 1.165) is 45.4 Å². The molecule has 1 aliphatic rings. The molecule has 0 aromatic rings. The van der Waals surface area contributed by atoms with Crippen molar-refractivity contribution in [2.45, 2.75) is 25.7 Å². The summed E-state index contributed by atoms with van der Waals surface area (Å²) in [6.45, 7) is 4.24. The van der Waals surface area contributed by atoms with E-state index in [1.807, 2.05) is 0 Å². The van der Waals surface area contributed by atoms with Gasteiger partial charge in [0.25, 0.3) is 0 Å². The normalized spacial score (nSPS) is 15.9. The van der Waals surface area contributed by atoms with Gasteiger partial charge in [-0.15, -0.1) is 0 Å². The number of rotatable bonds is 6. The Bertz CT molecular complexity index is 276. The lowest BCUT2D eigenvalue weighted by molar-refractivity contribution is -0.145. The second-order valence-corrected chi connectivity index (χ2v) is 4.71. The maximum atomic E-state index is 11.9. The molecule has 2 amide bonds. The van der Waals surface area contributed by atoms with Crippen LogP contribution in [0.4, 0.5) is 0 Å². The van der Waals surface area contributed by atoms with Crippen LogP contribution in [0, 0.1) is 0 Å². The van der Waals surface area contributed by atoms with Crippen molar-refractivity contribution in [1.29, 1.82) is 0 Å². The topological polar surface area (TPSA) is 70.7 Å². The number of nitrogens with zero attached hydrogens (tertiary/aromatic N) is 1. The van der Waals surface area contributed by atoms with Crippen molar-refractivity contribution in [2.75, 3.05) is 46.4 Å². The molecule has 2 N–H and O–H groups in total. The Hall–Kier alpha value is -1.14. The summed E-state index contributed by atoms with van der Waals surface area (Å²) in [4.78, 5) is 25.2. The molecule has 1 aliphatic heterocycles. The molecule has 0 aliphatic carbocycles. The highest BCUT2D eigenvalue weighted by Crippen LogP contribution is 1.97. The zero-order chi connectivity index (χ0) is 13.9. The molecule has 6 heteroatoms. The monoisotopic (exact) mass is 271 g/mol. The minimum absolute atomic E-state index is 0.402. The Balaban J connectivity index is 2.15. The summed E-state index contributed by atoms with van der Waals surface area (Å²) in [5, 5.41) is 5.89. The molecule has 0 aromatic heterocycles. The minimum atomic E-state index is -0.478. The van der Waals surface area contributed by atoms with Gasteiger partial charge < -0.3 is 20.3 Å². The first kappa shape index (κ1) is 15.9. The molecule has 0 radical (unpaired) electrons. The zero-order valence-corrected chi connectivity index (χ0v) is 11.7. The van der Waals surface area contributed by atoms with Gasteiger partial charge in [-0.05, 0) is 32.2 Å². The highest BCUT2D eigenvalue weighted by atomic mass is 16.5. The van der Waals surface area contributed by atoms with Gasteiger partial charge in [0.2, 0.25) is 0 Å². The van der Waals surface area contributed by atoms with E-state index >= 15 is 0 Å². The molecular formula is C13H25N3O3. The SMILES string of the molecule is COCCCCCNC(=O)C(=O)N1CCCNCC1. The smallest absolute Gasteiger partial charge is 0.311 e. The lowest BCUT2D eigenvalue weighted by Gasteiger charge is -2.19. The van der Waals surface area contributed by atoms with E-state index in [4.69, 9.17) is 4.74 Å². The second kappa shape index (κ2) is 9.75. The molecule has 6 nitrogen and oxygen atoms in total. The maximum Gasteiger partial charge on any atom is 0.311 e. The summed E-state index contributed by atoms with van der Waals surface area (Å²) in [5.41, 5.74) is 0. The van der Waals surface area contributed by atoms with Crippen molar-refractivity contribution in [3.63, 3.8) is 0 Å². The van der Waals surface area contributed by atoms with Gasteiger partial charge in [-0.3, -0.25) is 9.59 Å². The summed E-state index contributed by atoms with van der Waals surface area (Å²) >= 11 is 0. The van der Waals surface area contributed by atoms with Gasteiger partial charge in [-0.2, -0.15) is 0 Å². The highest BCUT2D eigenvalue weighted by molar-refractivity contribution is 6.35. The number of methoxy groups -OCH3 is 1. The number of ether oxygens (including phenoxy) is 1. The summed E-state index contributed by atoms with van der Waals surface area (Å²) in [6, 6.07) is 0. The molecule has 1 heterocycles. The molecule has 110 valence electrons. The van der Waals surface area contributed by atoms with E-state index in [9.17, 15) is 9.59 Å². The van der Waals surface area contributed by atoms with E-state index in [0.29, 0.717) is 19.6 Å². The van der Waals surface area contributed by atoms with Gasteiger partial charge in [0, 0.05) is 39.9 Å². The summed E-state index contributed by atoms with van der Waals surface area (Å²) in [5.74, 6) is -0.880. The van der Waals surface area contributed by atoms with Gasteiger partial charge >= 0.3 is 11.8 Å². The highest BCUT2D eigenvalue weighted by Gasteiger charge is 2.21. The Morgan fingerprint density at radius 1 is 1.21 bits per heavy atom. The van der Waals surface area contributed by atoms with E-state index < -0.39 is 11.8 Å². The van der Waals surface area contributed by atoms with Crippen molar-refractivity contribution >= 4 is 11.8 Å². The molecule has 0 aromatic carbocycles. The molecule has 0 saturated carbocycles. The number of hydrogen-bond acceptors (Lipinski definition) is 4. The quantitative estimate of drug-likeness (QED) is 0.516. The fourth-order valence-corrected chi connectivity index (χ4v) is 2.02. The van der Waals surface area contributed by atoms with Gasteiger partial charge in [0.1, 0.15) is 0 Å². The van der Waals surface area contributed by atoms with Gasteiger partial charge in [-0.1, -0.05) is 0 Å². The van der Waals surface area contributed by atoms with E-state index in [2.05, 4.69) is 10.6 Å². The molecule has 0 atom stereocenters. The zero-order valence-electron chi connectivity index (χ0n) is 11.7. The predicted octanol–water partition coefficient (Wildman–Crippen LogP) is -0.259. The largest absolute Gasteiger partial charge is 0.385 e. The summed E-state index contributed by atoms with van der Waals surface area (Å²) in [7, 11) is 1.68. The lowest BCUT2D eigenvalue weighted by Crippen LogP contribution is -2.44. The molecule has 1 fully saturated rings. The standard InChI is InChI=1S/C13H25N3O3/c1-19-11-4-2-3-7-15-12(17)13(18)16-9-5-6-14-8-10-16/h14H,2-11H2,1H3,(H,15,17). The van der Waals surface area contributed by atoms with Crippen molar-refractivity contribution in [3.8, 4) is 0 Å². The molecular weight excluding hydrogens is 246 g/mol. The first-order valence-electron chi connectivity index (χ1n) is 7.02. The fourth-order valence-electron chi connectivity index (χ4n) is 2.02. The van der Waals surface area contributed by atoms with Crippen molar-refractivity contribution in [1.82, 2.24) is 15.5 Å². The fraction of sp³-hybridized carbons (Fsp3) is 0.846. The number of carbonyl (C=O) groups is 2. The first-order chi connectivity index (χ1) is 9.25. The Kier molecular flexibility index (Phi) is 8.16. The van der Waals surface area contributed by atoms with Crippen molar-refractivity contribution in [3.05, 3.63) is 0 Å². The van der Waals surface area contributed by atoms with Gasteiger partial charge in [-0.25, -0.2) is 0 Å². The third kappa shape index (κ3) is 6.54. The third-order valence-electron chi connectivity index (χ3n) is 3.13. The van der Waals surface area contributed by atoms with Crippen LogP contribution in [0.15, 0.2) is 0 Å². The Labute approximate surface area is 114 Å². The molecule has 0 bridgehead atoms. The first-order valence-corrected chi connectivity index (χ1v) is 7.02. The molecule has 0 spiro atoms. The molecule has 1 saturated heterocycles. The van der Waals surface area contributed by atoms with Crippen LogP contribution >= 0.6 is 0 Å². The molecule has 1 rings (SSSR count). The van der Waals surface area contributed by atoms with Crippen LogP contribution in [0.3, 0.4) is 0 Å². The number of nitrogens with one attached hydrogen (secondary N) is 2. The molecule has 0 unspecified atom stereocenters. The van der Waals surface area contributed by atoms with E-state index in [1.54, 1.807) is 12.0 Å². The summed E-state index contributed by atoms with van der Waals surface area (Å²) in [6.07, 6.45) is 3.76. The average Bonchev–Trinajstić information content (AvgIpc) is 2.70. The van der Waals surface area contributed by atoms with E-state index in [-0.39, 0.29) is 0 Å². The Morgan fingerprint density at radius 3 is 2.84 bits per heavy atom. The lowest BCUT2D eigenvalue weighted by atomic mass is 10.2. The van der Waals surface area contributed by atoms with Gasteiger partial charge in [0.15, 0.2) is 0 Å². The molecule has 19 heavy (non-hydrogen) atoms. The van der Waals surface area contributed by atoms with Crippen LogP contribution in [0.2, 0.25) is 0 Å².